The third-order valence-corrected chi connectivity index (χ3v) is 6.03. The first-order valence-electron chi connectivity index (χ1n) is 10.6. The van der Waals surface area contributed by atoms with Gasteiger partial charge < -0.3 is 14.3 Å². The van der Waals surface area contributed by atoms with Gasteiger partial charge in [-0.25, -0.2) is 9.37 Å². The van der Waals surface area contributed by atoms with Crippen LogP contribution in [0.2, 0.25) is 0 Å². The van der Waals surface area contributed by atoms with Crippen molar-refractivity contribution in [3.8, 4) is 11.3 Å². The van der Waals surface area contributed by atoms with Crippen molar-refractivity contribution in [3.05, 3.63) is 83.3 Å². The number of aryl methyl sites for hydroxylation is 1. The lowest BCUT2D eigenvalue weighted by molar-refractivity contribution is 0.0500. The number of piperazine rings is 1. The molecule has 0 saturated carbocycles. The Morgan fingerprint density at radius 2 is 1.84 bits per heavy atom. The fraction of sp³-hybridized carbons (Fsp3) is 0.240. The molecule has 0 aliphatic carbocycles. The normalized spacial score (nSPS) is 17.1. The quantitative estimate of drug-likeness (QED) is 0.480. The molecule has 0 spiro atoms. The van der Waals surface area contributed by atoms with Gasteiger partial charge in [-0.15, -0.1) is 0 Å². The first kappa shape index (κ1) is 20.3. The van der Waals surface area contributed by atoms with Gasteiger partial charge in [-0.05, 0) is 37.7 Å². The molecule has 0 radical (unpaired) electrons. The van der Waals surface area contributed by atoms with E-state index < -0.39 is 5.82 Å². The first-order chi connectivity index (χ1) is 15.5. The molecular formula is C25H23FN4O2. The van der Waals surface area contributed by atoms with Crippen LogP contribution in [0.5, 0.6) is 0 Å². The molecule has 1 aliphatic rings. The molecule has 1 atom stereocenters. The number of amides is 1. The Morgan fingerprint density at radius 3 is 2.62 bits per heavy atom. The minimum Gasteiger partial charge on any atom is -0.335 e. The summed E-state index contributed by atoms with van der Waals surface area (Å²) in [5.74, 6) is -0.543. The molecule has 3 heterocycles. The monoisotopic (exact) mass is 430 g/mol. The van der Waals surface area contributed by atoms with Gasteiger partial charge in [-0.2, -0.15) is 0 Å². The maximum absolute atomic E-state index is 14.5. The predicted octanol–water partition coefficient (Wildman–Crippen LogP) is 4.47. The molecule has 162 valence electrons. The molecule has 0 bridgehead atoms. The number of nitrogens with zero attached hydrogens (tertiary/aromatic N) is 4. The van der Waals surface area contributed by atoms with Crippen LogP contribution in [0.15, 0.2) is 65.2 Å². The van der Waals surface area contributed by atoms with Crippen LogP contribution in [0.1, 0.15) is 27.7 Å². The summed E-state index contributed by atoms with van der Waals surface area (Å²) in [5, 5.41) is 4.59. The van der Waals surface area contributed by atoms with Crippen LogP contribution in [0.25, 0.3) is 22.4 Å². The summed E-state index contributed by atoms with van der Waals surface area (Å²) in [4.78, 5) is 22.5. The molecule has 0 N–H and O–H groups in total. The number of likely N-dealkylation sites (N-methyl/N-ethyl adjacent to an activating group) is 1. The van der Waals surface area contributed by atoms with Gasteiger partial charge in [0, 0.05) is 25.2 Å². The zero-order chi connectivity index (χ0) is 22.2. The number of aromatic nitrogens is 2. The van der Waals surface area contributed by atoms with E-state index in [-0.39, 0.29) is 17.7 Å². The third-order valence-electron chi connectivity index (χ3n) is 6.03. The second-order valence-electron chi connectivity index (χ2n) is 8.17. The smallest absolute Gasteiger partial charge is 0.259 e. The van der Waals surface area contributed by atoms with Crippen molar-refractivity contribution >= 4 is 17.0 Å². The second kappa shape index (κ2) is 8.16. The molecule has 1 fully saturated rings. The fourth-order valence-electron chi connectivity index (χ4n) is 4.35. The minimum absolute atomic E-state index is 0.0947. The van der Waals surface area contributed by atoms with Gasteiger partial charge in [-0.1, -0.05) is 47.6 Å². The Bertz CT molecular complexity index is 1290. The summed E-state index contributed by atoms with van der Waals surface area (Å²) in [5.41, 5.74) is 2.99. The van der Waals surface area contributed by atoms with E-state index in [1.807, 2.05) is 35.2 Å². The highest BCUT2D eigenvalue weighted by molar-refractivity contribution is 6.07. The molecule has 1 aliphatic heterocycles. The molecule has 7 heteroatoms. The highest BCUT2D eigenvalue weighted by Gasteiger charge is 2.33. The number of hydrogen-bond donors (Lipinski definition) is 0. The molecule has 32 heavy (non-hydrogen) atoms. The molecular weight excluding hydrogens is 407 g/mol. The fourth-order valence-corrected chi connectivity index (χ4v) is 4.35. The predicted molar refractivity (Wildman–Crippen MR) is 120 cm³/mol. The molecule has 4 aromatic rings. The summed E-state index contributed by atoms with van der Waals surface area (Å²) >= 11 is 0. The average molecular weight is 430 g/mol. The summed E-state index contributed by atoms with van der Waals surface area (Å²) in [6.45, 7) is 3.86. The van der Waals surface area contributed by atoms with E-state index in [0.29, 0.717) is 34.4 Å². The van der Waals surface area contributed by atoms with E-state index in [0.717, 1.165) is 18.7 Å². The second-order valence-corrected chi connectivity index (χ2v) is 8.17. The van der Waals surface area contributed by atoms with Gasteiger partial charge in [0.2, 0.25) is 0 Å². The van der Waals surface area contributed by atoms with Crippen molar-refractivity contribution < 1.29 is 13.7 Å². The van der Waals surface area contributed by atoms with Gasteiger partial charge >= 0.3 is 0 Å². The zero-order valence-corrected chi connectivity index (χ0v) is 18.0. The first-order valence-corrected chi connectivity index (χ1v) is 10.6. The lowest BCUT2D eigenvalue weighted by Crippen LogP contribution is -2.49. The van der Waals surface area contributed by atoms with Crippen LogP contribution in [-0.4, -0.2) is 52.5 Å². The average Bonchev–Trinajstić information content (AvgIpc) is 3.19. The van der Waals surface area contributed by atoms with Crippen LogP contribution in [0.4, 0.5) is 4.39 Å². The maximum atomic E-state index is 14.5. The lowest BCUT2D eigenvalue weighted by atomic mass is 9.99. The molecule has 1 saturated heterocycles. The Morgan fingerprint density at radius 1 is 1.09 bits per heavy atom. The molecule has 2 aromatic carbocycles. The third kappa shape index (κ3) is 3.54. The highest BCUT2D eigenvalue weighted by Crippen LogP contribution is 2.32. The Balaban J connectivity index is 1.64. The maximum Gasteiger partial charge on any atom is 0.259 e. The van der Waals surface area contributed by atoms with Gasteiger partial charge in [0.15, 0.2) is 0 Å². The van der Waals surface area contributed by atoms with E-state index in [1.54, 1.807) is 31.2 Å². The number of carbonyl (C=O) groups excluding carboxylic acids is 1. The van der Waals surface area contributed by atoms with Gasteiger partial charge in [0.25, 0.3) is 11.6 Å². The topological polar surface area (TPSA) is 62.5 Å². The van der Waals surface area contributed by atoms with Crippen molar-refractivity contribution in [2.24, 2.45) is 0 Å². The Hall–Kier alpha value is -3.58. The number of hydrogen-bond acceptors (Lipinski definition) is 5. The molecule has 2 aromatic heterocycles. The van der Waals surface area contributed by atoms with Crippen molar-refractivity contribution in [2.75, 3.05) is 26.7 Å². The number of rotatable bonds is 3. The van der Waals surface area contributed by atoms with Crippen LogP contribution < -0.4 is 0 Å². The molecule has 5 rings (SSSR count). The Kier molecular flexibility index (Phi) is 5.19. The molecule has 6 nitrogen and oxygen atoms in total. The summed E-state index contributed by atoms with van der Waals surface area (Å²) in [6.07, 6.45) is 0. The van der Waals surface area contributed by atoms with Crippen LogP contribution >= 0.6 is 0 Å². The van der Waals surface area contributed by atoms with Gasteiger partial charge in [-0.3, -0.25) is 4.79 Å². The minimum atomic E-state index is -0.407. The number of halogens is 1. The van der Waals surface area contributed by atoms with Gasteiger partial charge in [0.05, 0.1) is 28.4 Å². The van der Waals surface area contributed by atoms with E-state index in [2.05, 4.69) is 22.1 Å². The van der Waals surface area contributed by atoms with E-state index in [1.165, 1.54) is 6.07 Å². The standard InChI is InChI=1S/C25H23FN4O2/c1-16-23-19(14-21(27-24(23)32-28-16)18-10-6-7-11-20(18)26)25(31)30-13-12-29(2)15-22(30)17-8-4-3-5-9-17/h3-11,14,22H,12-13,15H2,1-2H3/t22-/m1/s1. The van der Waals surface area contributed by atoms with Crippen LogP contribution in [0.3, 0.4) is 0 Å². The number of carbonyl (C=O) groups is 1. The summed E-state index contributed by atoms with van der Waals surface area (Å²) in [7, 11) is 2.06. The summed E-state index contributed by atoms with van der Waals surface area (Å²) < 4.78 is 19.9. The largest absolute Gasteiger partial charge is 0.335 e. The highest BCUT2D eigenvalue weighted by atomic mass is 19.1. The summed E-state index contributed by atoms with van der Waals surface area (Å²) in [6, 6.07) is 18.0. The number of pyridine rings is 1. The van der Waals surface area contributed by atoms with E-state index in [9.17, 15) is 9.18 Å². The van der Waals surface area contributed by atoms with Crippen molar-refractivity contribution in [1.82, 2.24) is 19.9 Å². The molecule has 0 unspecified atom stereocenters. The number of benzene rings is 2. The zero-order valence-electron chi connectivity index (χ0n) is 18.0. The van der Waals surface area contributed by atoms with E-state index >= 15 is 0 Å². The van der Waals surface area contributed by atoms with Crippen LogP contribution in [0, 0.1) is 12.7 Å². The van der Waals surface area contributed by atoms with Crippen molar-refractivity contribution in [2.45, 2.75) is 13.0 Å². The lowest BCUT2D eigenvalue weighted by Gasteiger charge is -2.40. The van der Waals surface area contributed by atoms with E-state index in [4.69, 9.17) is 4.52 Å². The van der Waals surface area contributed by atoms with Crippen molar-refractivity contribution in [1.29, 1.82) is 0 Å². The number of fused-ring (bicyclic) bond motifs is 1. The van der Waals surface area contributed by atoms with Crippen LogP contribution in [-0.2, 0) is 0 Å². The Labute approximate surface area is 185 Å². The van der Waals surface area contributed by atoms with Gasteiger partial charge in [0.1, 0.15) is 5.82 Å². The van der Waals surface area contributed by atoms with Crippen molar-refractivity contribution in [3.63, 3.8) is 0 Å². The molecule has 1 amide bonds. The SMILES string of the molecule is Cc1noc2nc(-c3ccccc3F)cc(C(=O)N3CCN(C)C[C@@H]3c3ccccc3)c12.